The summed E-state index contributed by atoms with van der Waals surface area (Å²) in [5.74, 6) is 1.78. The highest BCUT2D eigenvalue weighted by molar-refractivity contribution is 5.63. The van der Waals surface area contributed by atoms with Crippen molar-refractivity contribution in [1.29, 1.82) is 0 Å². The number of aliphatic hydroxyl groups excluding tert-OH is 2. The molecule has 1 saturated carbocycles. The summed E-state index contributed by atoms with van der Waals surface area (Å²) in [5, 5.41) is 30.3. The first-order valence-corrected chi connectivity index (χ1v) is 12.3. The second-order valence-electron chi connectivity index (χ2n) is 9.42. The van der Waals surface area contributed by atoms with Crippen molar-refractivity contribution < 1.29 is 10.2 Å². The van der Waals surface area contributed by atoms with Crippen molar-refractivity contribution in [2.24, 2.45) is 5.73 Å². The molecule has 1 aromatic heterocycles. The standard InChI is InChI=1S/C25H38N6O2/c1-3-21-24(28-17-4-7-19(32)8-5-17)31-25(22(30-21)23(26)33)29-18-6-9-20(15(2)14-18)16-10-12-27-13-11-16/h6,9,14,16-17,19,23,27,32-33H,3-5,7-8,10-13,26H2,1-2H3,(H2,28,29,31)/t17-,19-,23?. The van der Waals surface area contributed by atoms with Gasteiger partial charge < -0.3 is 31.9 Å². The van der Waals surface area contributed by atoms with Crippen molar-refractivity contribution in [3.8, 4) is 0 Å². The number of benzene rings is 1. The molecule has 1 aliphatic heterocycles. The number of hydrogen-bond donors (Lipinski definition) is 6. The van der Waals surface area contributed by atoms with E-state index in [1.54, 1.807) is 0 Å². The molecule has 0 amide bonds. The minimum atomic E-state index is -1.22. The third-order valence-electron chi connectivity index (χ3n) is 6.96. The number of piperidine rings is 1. The van der Waals surface area contributed by atoms with Gasteiger partial charge in [-0.25, -0.2) is 9.97 Å². The smallest absolute Gasteiger partial charge is 0.158 e. The number of aliphatic hydroxyl groups is 2. The highest BCUT2D eigenvalue weighted by Crippen LogP contribution is 2.32. The van der Waals surface area contributed by atoms with Crippen LogP contribution in [0.25, 0.3) is 0 Å². The molecule has 33 heavy (non-hydrogen) atoms. The van der Waals surface area contributed by atoms with E-state index < -0.39 is 6.23 Å². The van der Waals surface area contributed by atoms with Crippen LogP contribution in [0.1, 0.15) is 80.1 Å². The average molecular weight is 455 g/mol. The lowest BCUT2D eigenvalue weighted by atomic mass is 9.87. The molecule has 1 unspecified atom stereocenters. The van der Waals surface area contributed by atoms with Crippen LogP contribution in [0.4, 0.5) is 17.3 Å². The van der Waals surface area contributed by atoms with Crippen LogP contribution in [0.15, 0.2) is 18.2 Å². The Morgan fingerprint density at radius 3 is 2.45 bits per heavy atom. The van der Waals surface area contributed by atoms with Gasteiger partial charge in [0.25, 0.3) is 0 Å². The molecule has 1 aliphatic carbocycles. The van der Waals surface area contributed by atoms with Gasteiger partial charge in [0.2, 0.25) is 0 Å². The summed E-state index contributed by atoms with van der Waals surface area (Å²) in [4.78, 5) is 9.48. The fourth-order valence-corrected chi connectivity index (χ4v) is 5.04. The molecule has 0 spiro atoms. The molecule has 8 nitrogen and oxygen atoms in total. The van der Waals surface area contributed by atoms with E-state index in [9.17, 15) is 10.2 Å². The van der Waals surface area contributed by atoms with Crippen molar-refractivity contribution in [2.75, 3.05) is 23.7 Å². The molecule has 2 aromatic rings. The zero-order valence-electron chi connectivity index (χ0n) is 19.8. The molecule has 8 heteroatoms. The largest absolute Gasteiger partial charge is 0.393 e. The third kappa shape index (κ3) is 5.81. The number of nitrogens with zero attached hydrogens (tertiary/aromatic N) is 2. The maximum absolute atomic E-state index is 10.2. The number of aryl methyl sites for hydroxylation is 2. The summed E-state index contributed by atoms with van der Waals surface area (Å²) in [7, 11) is 0. The van der Waals surface area contributed by atoms with Gasteiger partial charge >= 0.3 is 0 Å². The molecule has 7 N–H and O–H groups in total. The molecular formula is C25H38N6O2. The zero-order valence-corrected chi connectivity index (χ0v) is 19.8. The Bertz CT molecular complexity index is 937. The zero-order chi connectivity index (χ0) is 23.4. The molecule has 2 heterocycles. The second kappa shape index (κ2) is 10.8. The van der Waals surface area contributed by atoms with E-state index in [1.165, 1.54) is 11.1 Å². The van der Waals surface area contributed by atoms with Gasteiger partial charge in [-0.3, -0.25) is 0 Å². The molecule has 4 rings (SSSR count). The predicted molar refractivity (Wildman–Crippen MR) is 132 cm³/mol. The van der Waals surface area contributed by atoms with Gasteiger partial charge in [0.05, 0.1) is 11.8 Å². The molecule has 180 valence electrons. The molecule has 1 saturated heterocycles. The van der Waals surface area contributed by atoms with Crippen LogP contribution in [0.2, 0.25) is 0 Å². The first-order valence-electron chi connectivity index (χ1n) is 12.3. The number of nitrogens with two attached hydrogens (primary N) is 1. The summed E-state index contributed by atoms with van der Waals surface area (Å²) >= 11 is 0. The fraction of sp³-hybridized carbons (Fsp3) is 0.600. The minimum absolute atomic E-state index is 0.206. The Morgan fingerprint density at radius 2 is 1.82 bits per heavy atom. The van der Waals surface area contributed by atoms with Crippen molar-refractivity contribution in [3.63, 3.8) is 0 Å². The minimum Gasteiger partial charge on any atom is -0.393 e. The first kappa shape index (κ1) is 23.9. The van der Waals surface area contributed by atoms with Gasteiger partial charge in [-0.05, 0) is 94.1 Å². The fourth-order valence-electron chi connectivity index (χ4n) is 5.04. The monoisotopic (exact) mass is 454 g/mol. The van der Waals surface area contributed by atoms with E-state index in [2.05, 4.69) is 46.1 Å². The van der Waals surface area contributed by atoms with Crippen LogP contribution in [-0.4, -0.2) is 45.4 Å². The SMILES string of the molecule is CCc1nc(C(N)O)c(Nc2ccc(C3CCNCC3)c(C)c2)nc1N[C@H]1CC[C@H](O)CC1. The van der Waals surface area contributed by atoms with Crippen LogP contribution in [0.5, 0.6) is 0 Å². The Balaban J connectivity index is 1.58. The second-order valence-corrected chi connectivity index (χ2v) is 9.42. The van der Waals surface area contributed by atoms with Gasteiger partial charge in [-0.1, -0.05) is 13.0 Å². The average Bonchev–Trinajstić information content (AvgIpc) is 2.81. The number of anilines is 3. The first-order chi connectivity index (χ1) is 15.9. The molecule has 1 aromatic carbocycles. The summed E-state index contributed by atoms with van der Waals surface area (Å²) in [5.41, 5.74) is 10.5. The van der Waals surface area contributed by atoms with Gasteiger partial charge in [-0.2, -0.15) is 0 Å². The lowest BCUT2D eigenvalue weighted by Crippen LogP contribution is -2.29. The van der Waals surface area contributed by atoms with Gasteiger partial charge in [0, 0.05) is 11.7 Å². The van der Waals surface area contributed by atoms with E-state index in [-0.39, 0.29) is 12.1 Å². The van der Waals surface area contributed by atoms with E-state index in [0.717, 1.165) is 63.0 Å². The van der Waals surface area contributed by atoms with Gasteiger partial charge in [-0.15, -0.1) is 0 Å². The van der Waals surface area contributed by atoms with E-state index in [4.69, 9.17) is 10.7 Å². The van der Waals surface area contributed by atoms with Crippen LogP contribution < -0.4 is 21.7 Å². The Morgan fingerprint density at radius 1 is 1.09 bits per heavy atom. The third-order valence-corrected chi connectivity index (χ3v) is 6.96. The van der Waals surface area contributed by atoms with Crippen molar-refractivity contribution in [1.82, 2.24) is 15.3 Å². The summed E-state index contributed by atoms with van der Waals surface area (Å²) in [6.07, 6.45) is 4.94. The molecule has 1 atom stereocenters. The maximum Gasteiger partial charge on any atom is 0.158 e. The number of nitrogens with one attached hydrogen (secondary N) is 3. The molecular weight excluding hydrogens is 416 g/mol. The Kier molecular flexibility index (Phi) is 7.80. The van der Waals surface area contributed by atoms with Crippen molar-refractivity contribution >= 4 is 17.3 Å². The number of rotatable bonds is 7. The Labute approximate surface area is 196 Å². The molecule has 0 bridgehead atoms. The molecule has 2 aliphatic rings. The van der Waals surface area contributed by atoms with Gasteiger partial charge in [0.15, 0.2) is 5.82 Å². The van der Waals surface area contributed by atoms with Crippen LogP contribution in [0, 0.1) is 6.92 Å². The van der Waals surface area contributed by atoms with E-state index >= 15 is 0 Å². The Hall–Kier alpha value is -2.26. The normalized spacial score (nSPS) is 22.7. The van der Waals surface area contributed by atoms with Crippen LogP contribution >= 0.6 is 0 Å². The van der Waals surface area contributed by atoms with E-state index in [1.807, 2.05) is 6.92 Å². The quantitative estimate of drug-likeness (QED) is 0.352. The molecule has 2 fully saturated rings. The lowest BCUT2D eigenvalue weighted by Gasteiger charge is -2.28. The van der Waals surface area contributed by atoms with Crippen molar-refractivity contribution in [2.45, 2.75) is 83.1 Å². The van der Waals surface area contributed by atoms with E-state index in [0.29, 0.717) is 29.7 Å². The number of hydrogen-bond acceptors (Lipinski definition) is 8. The van der Waals surface area contributed by atoms with Gasteiger partial charge in [0.1, 0.15) is 17.7 Å². The summed E-state index contributed by atoms with van der Waals surface area (Å²) in [6.45, 7) is 6.30. The highest BCUT2D eigenvalue weighted by Gasteiger charge is 2.23. The van der Waals surface area contributed by atoms with Crippen LogP contribution in [-0.2, 0) is 6.42 Å². The van der Waals surface area contributed by atoms with Crippen molar-refractivity contribution in [3.05, 3.63) is 40.7 Å². The van der Waals surface area contributed by atoms with Crippen LogP contribution in [0.3, 0.4) is 0 Å². The summed E-state index contributed by atoms with van der Waals surface area (Å²) in [6, 6.07) is 6.66. The number of aromatic nitrogens is 2. The molecule has 0 radical (unpaired) electrons. The predicted octanol–water partition coefficient (Wildman–Crippen LogP) is 3.22. The maximum atomic E-state index is 10.2. The summed E-state index contributed by atoms with van der Waals surface area (Å²) < 4.78 is 0. The topological polar surface area (TPSA) is 128 Å². The lowest BCUT2D eigenvalue weighted by molar-refractivity contribution is 0.126. The highest BCUT2D eigenvalue weighted by atomic mass is 16.3.